The molecule has 0 saturated heterocycles. The topological polar surface area (TPSA) is 126 Å². The average molecular weight is 531 g/mol. The Labute approximate surface area is 219 Å². The van der Waals surface area contributed by atoms with E-state index in [1.54, 1.807) is 43.6 Å². The number of methoxy groups -OCH3 is 1. The molecule has 9 nitrogen and oxygen atoms in total. The number of carbonyl (C=O) groups is 1. The first kappa shape index (κ1) is 25.2. The molecule has 0 spiro atoms. The molecule has 0 aliphatic carbocycles. The van der Waals surface area contributed by atoms with Crippen LogP contribution < -0.4 is 14.8 Å². The lowest BCUT2D eigenvalue weighted by Crippen LogP contribution is -2.45. The molecule has 5 aromatic rings. The molecule has 3 aromatic carbocycles. The van der Waals surface area contributed by atoms with Gasteiger partial charge in [-0.2, -0.15) is 4.72 Å². The molecule has 0 bridgehead atoms. The van der Waals surface area contributed by atoms with Crippen LogP contribution in [0.3, 0.4) is 0 Å². The van der Waals surface area contributed by atoms with Gasteiger partial charge in [-0.3, -0.25) is 10.1 Å². The van der Waals surface area contributed by atoms with Crippen LogP contribution >= 0.6 is 0 Å². The number of para-hydroxylation sites is 1. The van der Waals surface area contributed by atoms with Crippen molar-refractivity contribution >= 4 is 32.7 Å². The van der Waals surface area contributed by atoms with Crippen molar-refractivity contribution in [3.05, 3.63) is 96.2 Å². The molecule has 0 unspecified atom stereocenters. The van der Waals surface area contributed by atoms with Crippen LogP contribution in [0, 0.1) is 6.92 Å². The molecule has 0 aliphatic heterocycles. The van der Waals surface area contributed by atoms with Gasteiger partial charge in [0.25, 0.3) is 0 Å². The molecule has 1 amide bonds. The molecule has 2 aromatic heterocycles. The van der Waals surface area contributed by atoms with E-state index in [1.165, 1.54) is 12.1 Å². The summed E-state index contributed by atoms with van der Waals surface area (Å²) in [7, 11) is -2.41. The molecular formula is C28H26N4O5S. The molecule has 3 N–H and O–H groups in total. The van der Waals surface area contributed by atoms with Gasteiger partial charge in [0, 0.05) is 28.7 Å². The van der Waals surface area contributed by atoms with E-state index in [9.17, 15) is 13.2 Å². The smallest absolute Gasteiger partial charge is 0.245 e. The van der Waals surface area contributed by atoms with E-state index in [0.717, 1.165) is 27.6 Å². The number of nitrogens with one attached hydrogen (secondary N) is 3. The number of anilines is 1. The molecule has 0 radical (unpaired) electrons. The molecule has 5 rings (SSSR count). The van der Waals surface area contributed by atoms with Crippen molar-refractivity contribution < 1.29 is 22.5 Å². The number of amides is 1. The highest BCUT2D eigenvalue weighted by Gasteiger charge is 2.28. The van der Waals surface area contributed by atoms with Gasteiger partial charge in [0.05, 0.1) is 12.0 Å². The van der Waals surface area contributed by atoms with Crippen LogP contribution in [0.4, 0.5) is 5.88 Å². The molecule has 0 aliphatic rings. The zero-order chi connectivity index (χ0) is 26.7. The lowest BCUT2D eigenvalue weighted by Gasteiger charge is -2.18. The van der Waals surface area contributed by atoms with Crippen molar-refractivity contribution in [3.63, 3.8) is 0 Å². The van der Waals surface area contributed by atoms with Crippen molar-refractivity contribution in [1.82, 2.24) is 14.9 Å². The fourth-order valence-electron chi connectivity index (χ4n) is 4.12. The Morgan fingerprint density at radius 2 is 1.79 bits per heavy atom. The third-order valence-electron chi connectivity index (χ3n) is 6.19. The minimum absolute atomic E-state index is 0.0706. The first-order valence-electron chi connectivity index (χ1n) is 11.9. The van der Waals surface area contributed by atoms with Gasteiger partial charge in [0.1, 0.15) is 17.5 Å². The van der Waals surface area contributed by atoms with E-state index in [-0.39, 0.29) is 17.2 Å². The SMILES string of the molecule is COc1ccc(-c2cc(NC(=O)[C@H](Cc3c[nH]c4ccccc34)NS(=O)(=O)c3ccc(C)cc3)on2)cc1. The quantitative estimate of drug-likeness (QED) is 0.254. The number of aryl methyl sites for hydroxylation is 1. The summed E-state index contributed by atoms with van der Waals surface area (Å²) in [5.41, 5.74) is 3.89. The van der Waals surface area contributed by atoms with Gasteiger partial charge in [0.2, 0.25) is 21.8 Å². The first-order chi connectivity index (χ1) is 18.3. The van der Waals surface area contributed by atoms with E-state index >= 15 is 0 Å². The fourth-order valence-corrected chi connectivity index (χ4v) is 5.32. The number of aromatic amines is 1. The zero-order valence-electron chi connectivity index (χ0n) is 20.8. The summed E-state index contributed by atoms with van der Waals surface area (Å²) in [4.78, 5) is 16.7. The number of aromatic nitrogens is 2. The molecule has 194 valence electrons. The van der Waals surface area contributed by atoms with Gasteiger partial charge in [-0.1, -0.05) is 41.1 Å². The molecule has 0 saturated carbocycles. The van der Waals surface area contributed by atoms with Crippen molar-refractivity contribution in [2.75, 3.05) is 12.4 Å². The number of nitrogens with zero attached hydrogens (tertiary/aromatic N) is 1. The maximum Gasteiger partial charge on any atom is 0.245 e. The number of fused-ring (bicyclic) bond motifs is 1. The minimum Gasteiger partial charge on any atom is -0.497 e. The second-order valence-corrected chi connectivity index (χ2v) is 10.6. The molecule has 10 heteroatoms. The Balaban J connectivity index is 1.40. The minimum atomic E-state index is -3.99. The highest BCUT2D eigenvalue weighted by Crippen LogP contribution is 2.25. The second kappa shape index (κ2) is 10.5. The summed E-state index contributed by atoms with van der Waals surface area (Å²) >= 11 is 0. The van der Waals surface area contributed by atoms with Crippen molar-refractivity contribution in [1.29, 1.82) is 0 Å². The number of ether oxygens (including phenoxy) is 1. The Kier molecular flexibility index (Phi) is 6.99. The highest BCUT2D eigenvalue weighted by molar-refractivity contribution is 7.89. The lowest BCUT2D eigenvalue weighted by molar-refractivity contribution is -0.117. The van der Waals surface area contributed by atoms with Crippen LogP contribution in [0.2, 0.25) is 0 Å². The predicted molar refractivity (Wildman–Crippen MR) is 144 cm³/mol. The number of benzene rings is 3. The van der Waals surface area contributed by atoms with Gasteiger partial charge in [0.15, 0.2) is 0 Å². The number of hydrogen-bond acceptors (Lipinski definition) is 6. The summed E-state index contributed by atoms with van der Waals surface area (Å²) in [6.45, 7) is 1.87. The van der Waals surface area contributed by atoms with E-state index in [1.807, 2.05) is 43.3 Å². The fraction of sp³-hybridized carbons (Fsp3) is 0.143. The first-order valence-corrected chi connectivity index (χ1v) is 13.4. The number of H-pyrrole nitrogens is 1. The van der Waals surface area contributed by atoms with Gasteiger partial charge in [-0.05, 0) is 61.4 Å². The molecule has 0 fully saturated rings. The maximum atomic E-state index is 13.4. The van der Waals surface area contributed by atoms with Crippen LogP contribution in [-0.2, 0) is 21.2 Å². The molecular weight excluding hydrogens is 504 g/mol. The van der Waals surface area contributed by atoms with E-state index < -0.39 is 22.0 Å². The Morgan fingerprint density at radius 3 is 2.53 bits per heavy atom. The average Bonchev–Trinajstić information content (AvgIpc) is 3.56. The highest BCUT2D eigenvalue weighted by atomic mass is 32.2. The third-order valence-corrected chi connectivity index (χ3v) is 7.67. The van der Waals surface area contributed by atoms with Crippen LogP contribution in [0.15, 0.2) is 94.5 Å². The van der Waals surface area contributed by atoms with Crippen molar-refractivity contribution in [2.24, 2.45) is 0 Å². The molecule has 1 atom stereocenters. The van der Waals surface area contributed by atoms with Gasteiger partial charge in [-0.15, -0.1) is 0 Å². The van der Waals surface area contributed by atoms with Gasteiger partial charge < -0.3 is 14.2 Å². The number of carbonyl (C=O) groups excluding carboxylic acids is 1. The van der Waals surface area contributed by atoms with Crippen LogP contribution in [0.25, 0.3) is 22.2 Å². The molecule has 2 heterocycles. The predicted octanol–water partition coefficient (Wildman–Crippen LogP) is 4.67. The summed E-state index contributed by atoms with van der Waals surface area (Å²) in [6.07, 6.45) is 1.89. The number of hydrogen-bond donors (Lipinski definition) is 3. The second-order valence-electron chi connectivity index (χ2n) is 8.84. The van der Waals surface area contributed by atoms with Gasteiger partial charge in [-0.25, -0.2) is 8.42 Å². The third kappa shape index (κ3) is 5.46. The van der Waals surface area contributed by atoms with Crippen molar-refractivity contribution in [3.8, 4) is 17.0 Å². The van der Waals surface area contributed by atoms with Crippen LogP contribution in [-0.4, -0.2) is 37.6 Å². The molecule has 38 heavy (non-hydrogen) atoms. The zero-order valence-corrected chi connectivity index (χ0v) is 21.6. The van der Waals surface area contributed by atoms with E-state index in [0.29, 0.717) is 11.4 Å². The monoisotopic (exact) mass is 530 g/mol. The summed E-state index contributed by atoms with van der Waals surface area (Å²) < 4.78 is 39.5. The van der Waals surface area contributed by atoms with E-state index in [4.69, 9.17) is 9.26 Å². The van der Waals surface area contributed by atoms with E-state index in [2.05, 4.69) is 20.2 Å². The number of rotatable bonds is 9. The van der Waals surface area contributed by atoms with Crippen LogP contribution in [0.1, 0.15) is 11.1 Å². The van der Waals surface area contributed by atoms with Crippen LogP contribution in [0.5, 0.6) is 5.75 Å². The van der Waals surface area contributed by atoms with Gasteiger partial charge >= 0.3 is 0 Å². The Morgan fingerprint density at radius 1 is 1.05 bits per heavy atom. The normalized spacial score (nSPS) is 12.4. The Bertz CT molecular complexity index is 1670. The Hall–Kier alpha value is -4.41. The maximum absolute atomic E-state index is 13.4. The summed E-state index contributed by atoms with van der Waals surface area (Å²) in [5, 5.41) is 7.60. The summed E-state index contributed by atoms with van der Waals surface area (Å²) in [6, 6.07) is 21.7. The largest absolute Gasteiger partial charge is 0.497 e. The summed E-state index contributed by atoms with van der Waals surface area (Å²) in [5.74, 6) is 0.217. The standard InChI is InChI=1S/C28H26N4O5S/c1-18-7-13-22(14-8-18)38(34,35)32-26(15-20-17-29-24-6-4-3-5-23(20)24)28(33)30-27-16-25(31-37-27)19-9-11-21(36-2)12-10-19/h3-14,16-17,26,29,32H,15H2,1-2H3,(H,30,33)/t26-/m0/s1. The number of sulfonamides is 1. The lowest BCUT2D eigenvalue weighted by atomic mass is 10.1. The van der Waals surface area contributed by atoms with Crippen molar-refractivity contribution in [2.45, 2.75) is 24.3 Å².